The summed E-state index contributed by atoms with van der Waals surface area (Å²) in [5.41, 5.74) is 0.966. The molecular weight excluding hydrogens is 367 g/mol. The van der Waals surface area contributed by atoms with Crippen molar-refractivity contribution in [1.29, 1.82) is 0 Å². The molecule has 1 aromatic heterocycles. The molecule has 0 bridgehead atoms. The topological polar surface area (TPSA) is 34.4 Å². The first-order valence-corrected chi connectivity index (χ1v) is 9.93. The molecule has 26 heavy (non-hydrogen) atoms. The second-order valence-corrected chi connectivity index (χ2v) is 8.64. The van der Waals surface area contributed by atoms with E-state index in [0.717, 1.165) is 9.60 Å². The summed E-state index contributed by atoms with van der Waals surface area (Å²) in [6.07, 6.45) is 1.67. The van der Waals surface area contributed by atoms with E-state index in [1.165, 1.54) is 17.4 Å². The third kappa shape index (κ3) is 3.97. The molecule has 1 amide bonds. The molecule has 3 rings (SSSR count). The zero-order chi connectivity index (χ0) is 18.7. The van der Waals surface area contributed by atoms with Gasteiger partial charge in [-0.1, -0.05) is 37.3 Å². The van der Waals surface area contributed by atoms with E-state index in [1.54, 1.807) is 40.6 Å². The van der Waals surface area contributed by atoms with E-state index in [2.05, 4.69) is 25.4 Å². The van der Waals surface area contributed by atoms with Crippen molar-refractivity contribution in [2.24, 2.45) is 4.99 Å². The van der Waals surface area contributed by atoms with Gasteiger partial charge in [-0.3, -0.25) is 4.79 Å². The highest BCUT2D eigenvalue weighted by molar-refractivity contribution is 7.99. The molecule has 0 aliphatic carbocycles. The lowest BCUT2D eigenvalue weighted by atomic mass is 10.2. The second kappa shape index (κ2) is 8.01. The first-order valence-electron chi connectivity index (χ1n) is 8.24. The molecule has 3 nitrogen and oxygen atoms in total. The number of hydrogen-bond donors (Lipinski definition) is 0. The molecule has 1 heterocycles. The second-order valence-electron chi connectivity index (χ2n) is 5.98. The van der Waals surface area contributed by atoms with E-state index in [9.17, 15) is 9.18 Å². The lowest BCUT2D eigenvalue weighted by Gasteiger charge is -2.05. The molecule has 0 aliphatic rings. The number of hydrogen-bond acceptors (Lipinski definition) is 3. The normalized spacial score (nSPS) is 12.1. The molecule has 6 heteroatoms. The summed E-state index contributed by atoms with van der Waals surface area (Å²) in [6, 6.07) is 12.3. The number of fused-ring (bicyclic) bond motifs is 1. The van der Waals surface area contributed by atoms with Gasteiger partial charge in [0, 0.05) is 22.3 Å². The molecule has 0 unspecified atom stereocenters. The highest BCUT2D eigenvalue weighted by atomic mass is 32.2. The van der Waals surface area contributed by atoms with Gasteiger partial charge in [-0.25, -0.2) is 4.39 Å². The molecule has 0 N–H and O–H groups in total. The molecule has 2 aromatic carbocycles. The van der Waals surface area contributed by atoms with Crippen LogP contribution in [-0.4, -0.2) is 15.7 Å². The zero-order valence-corrected chi connectivity index (χ0v) is 16.2. The van der Waals surface area contributed by atoms with Crippen molar-refractivity contribution in [2.75, 3.05) is 0 Å². The van der Waals surface area contributed by atoms with Gasteiger partial charge >= 0.3 is 0 Å². The minimum atomic E-state index is -0.337. The molecule has 0 atom stereocenters. The lowest BCUT2D eigenvalue weighted by Crippen LogP contribution is -2.16. The molecule has 0 aliphatic heterocycles. The predicted molar refractivity (Wildman–Crippen MR) is 107 cm³/mol. The van der Waals surface area contributed by atoms with Crippen LogP contribution in [0.4, 0.5) is 4.39 Å². The number of rotatable bonds is 5. The molecule has 0 saturated carbocycles. The number of carbonyl (C=O) groups excluding carboxylic acids is 1. The van der Waals surface area contributed by atoms with Gasteiger partial charge in [-0.05, 0) is 36.4 Å². The van der Waals surface area contributed by atoms with Crippen LogP contribution in [-0.2, 0) is 6.54 Å². The van der Waals surface area contributed by atoms with E-state index < -0.39 is 0 Å². The Morgan fingerprint density at radius 3 is 2.69 bits per heavy atom. The number of nitrogens with zero attached hydrogens (tertiary/aromatic N) is 2. The van der Waals surface area contributed by atoms with Crippen LogP contribution < -0.4 is 4.80 Å². The average molecular weight is 387 g/mol. The molecule has 0 fully saturated rings. The maximum absolute atomic E-state index is 14.2. The van der Waals surface area contributed by atoms with Crippen LogP contribution in [0.3, 0.4) is 0 Å². The summed E-state index contributed by atoms with van der Waals surface area (Å²) in [7, 11) is 0. The molecular formula is C20H19FN2OS2. The van der Waals surface area contributed by atoms with Gasteiger partial charge in [0.25, 0.3) is 5.91 Å². The Hall–Kier alpha value is -2.18. The van der Waals surface area contributed by atoms with Crippen molar-refractivity contribution >= 4 is 39.2 Å². The van der Waals surface area contributed by atoms with Gasteiger partial charge in [-0.2, -0.15) is 4.99 Å². The number of halogens is 1. The summed E-state index contributed by atoms with van der Waals surface area (Å²) in [5.74, 6) is -0.666. The summed E-state index contributed by atoms with van der Waals surface area (Å²) in [6.45, 7) is 8.35. The fourth-order valence-electron chi connectivity index (χ4n) is 2.57. The number of amides is 1. The quantitative estimate of drug-likeness (QED) is 0.442. The lowest BCUT2D eigenvalue weighted by molar-refractivity contribution is 0.0998. The fraction of sp³-hybridized carbons (Fsp3) is 0.200. The Kier molecular flexibility index (Phi) is 5.74. The number of thioether (sulfide) groups is 1. The number of para-hydroxylation sites is 1. The van der Waals surface area contributed by atoms with Gasteiger partial charge in [0.15, 0.2) is 4.80 Å². The maximum atomic E-state index is 14.2. The number of thiazole rings is 1. The van der Waals surface area contributed by atoms with Crippen molar-refractivity contribution in [3.05, 3.63) is 71.3 Å². The van der Waals surface area contributed by atoms with E-state index in [0.29, 0.717) is 27.7 Å². The predicted octanol–water partition coefficient (Wildman–Crippen LogP) is 5.27. The molecule has 0 spiro atoms. The third-order valence-corrected chi connectivity index (χ3v) is 5.69. The Labute approximate surface area is 159 Å². The highest BCUT2D eigenvalue weighted by Crippen LogP contribution is 2.23. The molecule has 3 aromatic rings. The monoisotopic (exact) mass is 386 g/mol. The molecule has 0 saturated heterocycles. The number of carbonyl (C=O) groups is 1. The number of allylic oxidation sites excluding steroid dienone is 1. The van der Waals surface area contributed by atoms with Crippen LogP contribution in [0.15, 0.2) is 65.0 Å². The first-order chi connectivity index (χ1) is 12.5. The van der Waals surface area contributed by atoms with Gasteiger partial charge in [0.1, 0.15) is 5.82 Å². The maximum Gasteiger partial charge on any atom is 0.279 e. The largest absolute Gasteiger partial charge is 0.310 e. The van der Waals surface area contributed by atoms with E-state index in [-0.39, 0.29) is 11.7 Å². The summed E-state index contributed by atoms with van der Waals surface area (Å²) >= 11 is 3.04. The molecule has 0 radical (unpaired) electrons. The van der Waals surface area contributed by atoms with Crippen molar-refractivity contribution in [3.63, 3.8) is 0 Å². The summed E-state index contributed by atoms with van der Waals surface area (Å²) in [4.78, 5) is 18.4. The van der Waals surface area contributed by atoms with Gasteiger partial charge in [0.2, 0.25) is 0 Å². The van der Waals surface area contributed by atoms with Crippen molar-refractivity contribution in [2.45, 2.75) is 30.5 Å². The van der Waals surface area contributed by atoms with Crippen LogP contribution in [0.25, 0.3) is 10.2 Å². The van der Waals surface area contributed by atoms with Gasteiger partial charge < -0.3 is 4.57 Å². The minimum absolute atomic E-state index is 0.329. The van der Waals surface area contributed by atoms with Gasteiger partial charge in [0.05, 0.1) is 10.2 Å². The summed E-state index contributed by atoms with van der Waals surface area (Å²) in [5, 5.41) is 0.479. The van der Waals surface area contributed by atoms with E-state index in [4.69, 9.17) is 0 Å². The van der Waals surface area contributed by atoms with Crippen molar-refractivity contribution in [1.82, 2.24) is 4.57 Å². The standard InChI is InChI=1S/C20H19FN2OS2/c1-4-12-23-18-16(21)6-5-7-17(18)26-20(23)22-19(24)14-8-10-15(11-9-14)25-13(2)3/h4-11,13H,1,12H2,2-3H3. The zero-order valence-electron chi connectivity index (χ0n) is 14.6. The SMILES string of the molecule is C=CCn1c(=NC(=O)c2ccc(SC(C)C)cc2)sc2cccc(F)c21. The van der Waals surface area contributed by atoms with Crippen LogP contribution in [0.1, 0.15) is 24.2 Å². The van der Waals surface area contributed by atoms with Crippen LogP contribution in [0.2, 0.25) is 0 Å². The van der Waals surface area contributed by atoms with E-state index >= 15 is 0 Å². The van der Waals surface area contributed by atoms with Gasteiger partial charge in [-0.15, -0.1) is 18.3 Å². The number of benzene rings is 2. The Bertz CT molecular complexity index is 1020. The van der Waals surface area contributed by atoms with E-state index in [1.807, 2.05) is 18.2 Å². The minimum Gasteiger partial charge on any atom is -0.310 e. The Balaban J connectivity index is 2.01. The van der Waals surface area contributed by atoms with Crippen molar-refractivity contribution in [3.8, 4) is 0 Å². The smallest absolute Gasteiger partial charge is 0.279 e. The highest BCUT2D eigenvalue weighted by Gasteiger charge is 2.12. The first kappa shape index (κ1) is 18.6. The Morgan fingerprint density at radius 2 is 2.04 bits per heavy atom. The number of aromatic nitrogens is 1. The summed E-state index contributed by atoms with van der Waals surface area (Å²) < 4.78 is 16.7. The third-order valence-electron chi connectivity index (χ3n) is 3.63. The Morgan fingerprint density at radius 1 is 1.31 bits per heavy atom. The van der Waals surface area contributed by atoms with Crippen LogP contribution in [0.5, 0.6) is 0 Å². The average Bonchev–Trinajstić information content (AvgIpc) is 2.94. The fourth-order valence-corrected chi connectivity index (χ4v) is 4.46. The van der Waals surface area contributed by atoms with Crippen LogP contribution >= 0.6 is 23.1 Å². The molecule has 134 valence electrons. The van der Waals surface area contributed by atoms with Crippen LogP contribution in [0, 0.1) is 5.82 Å². The van der Waals surface area contributed by atoms with Crippen molar-refractivity contribution < 1.29 is 9.18 Å².